The lowest BCUT2D eigenvalue weighted by molar-refractivity contribution is 0.660. The highest BCUT2D eigenvalue weighted by Gasteiger charge is 2.37. The van der Waals surface area contributed by atoms with Crippen molar-refractivity contribution in [2.24, 2.45) is 5.73 Å². The van der Waals surface area contributed by atoms with Gasteiger partial charge in [-0.3, -0.25) is 4.98 Å². The number of pyridine rings is 1. The molecule has 7 aromatic carbocycles. The van der Waals surface area contributed by atoms with Gasteiger partial charge in [-0.2, -0.15) is 0 Å². The maximum atomic E-state index is 6.12. The number of nitrogens with two attached hydrogens (primary N) is 1. The maximum absolute atomic E-state index is 6.12. The van der Waals surface area contributed by atoms with Crippen molar-refractivity contribution in [1.82, 2.24) is 15.0 Å². The van der Waals surface area contributed by atoms with E-state index in [1.54, 1.807) is 18.5 Å². The van der Waals surface area contributed by atoms with Gasteiger partial charge in [0.2, 0.25) is 0 Å². The zero-order valence-electron chi connectivity index (χ0n) is 37.1. The summed E-state index contributed by atoms with van der Waals surface area (Å²) in [4.78, 5) is 15.4. The Balaban J connectivity index is 1.16. The van der Waals surface area contributed by atoms with E-state index in [1.165, 1.54) is 44.5 Å². The van der Waals surface area contributed by atoms with Gasteiger partial charge in [0.1, 0.15) is 0 Å². The highest BCUT2D eigenvalue weighted by Crippen LogP contribution is 2.52. The van der Waals surface area contributed by atoms with Crippen molar-refractivity contribution in [2.45, 2.75) is 38.5 Å². The Kier molecular flexibility index (Phi) is 9.44. The molecule has 0 atom stereocenters. The fraction of sp³-hybridized carbons (Fsp3) is 0.0984. The first-order valence-corrected chi connectivity index (χ1v) is 22.3. The molecule has 4 heteroatoms. The molecule has 2 aliphatic rings. The lowest BCUT2D eigenvalue weighted by Crippen LogP contribution is -2.15. The minimum Gasteiger partial charge on any atom is -0.404 e. The Morgan fingerprint density at radius 1 is 0.508 bits per heavy atom. The number of allylic oxidation sites excluding steroid dienone is 4. The van der Waals surface area contributed by atoms with Crippen molar-refractivity contribution in [3.8, 4) is 78.3 Å². The molecule has 2 N–H and O–H groups in total. The van der Waals surface area contributed by atoms with Crippen LogP contribution in [0.4, 0.5) is 0 Å². The van der Waals surface area contributed by atoms with Crippen LogP contribution in [0.2, 0.25) is 0 Å². The summed E-state index contributed by atoms with van der Waals surface area (Å²) in [6.07, 6.45) is 11.0. The van der Waals surface area contributed by atoms with Crippen LogP contribution < -0.4 is 5.73 Å². The zero-order chi connectivity index (χ0) is 44.5. The van der Waals surface area contributed by atoms with E-state index in [9.17, 15) is 0 Å². The SMILES string of the molecule is C=C/C=C\C(=C/N)c1ccc(-c2nc(-c3ccc(-c4cccnc4)cc3)nc3c(-c4ccc5c(c4)C(C)(C)c4ccccc4-5)cc(-c4ccc5c(c4)C(C)(C)c4ccccc4-5)cc23)cc1. The topological polar surface area (TPSA) is 64.7 Å². The number of hydrogen-bond acceptors (Lipinski definition) is 4. The van der Waals surface area contributed by atoms with Crippen LogP contribution in [0.3, 0.4) is 0 Å². The summed E-state index contributed by atoms with van der Waals surface area (Å²) >= 11 is 0. The van der Waals surface area contributed by atoms with Gasteiger partial charge in [-0.05, 0) is 114 Å². The molecule has 4 nitrogen and oxygen atoms in total. The fourth-order valence-electron chi connectivity index (χ4n) is 10.3. The Hall–Kier alpha value is -7.95. The molecule has 0 saturated heterocycles. The minimum atomic E-state index is -0.170. The first kappa shape index (κ1) is 39.9. The normalized spacial score (nSPS) is 14.2. The van der Waals surface area contributed by atoms with E-state index in [0.29, 0.717) is 5.82 Å². The van der Waals surface area contributed by atoms with E-state index in [1.807, 2.05) is 24.4 Å². The second-order valence-corrected chi connectivity index (χ2v) is 18.3. The van der Waals surface area contributed by atoms with Gasteiger partial charge in [-0.15, -0.1) is 0 Å². The average Bonchev–Trinajstić information content (AvgIpc) is 3.72. The van der Waals surface area contributed by atoms with E-state index >= 15 is 0 Å². The molecule has 0 saturated carbocycles. The molecule has 0 bridgehead atoms. The molecule has 0 spiro atoms. The summed E-state index contributed by atoms with van der Waals surface area (Å²) < 4.78 is 0. The molecule has 312 valence electrons. The quantitative estimate of drug-likeness (QED) is 0.155. The van der Waals surface area contributed by atoms with Crippen LogP contribution in [0.25, 0.3) is 94.8 Å². The largest absolute Gasteiger partial charge is 0.404 e. The molecular formula is C61H48N4. The van der Waals surface area contributed by atoms with Crippen molar-refractivity contribution < 1.29 is 0 Å². The van der Waals surface area contributed by atoms with Crippen LogP contribution in [0.15, 0.2) is 201 Å². The predicted octanol–water partition coefficient (Wildman–Crippen LogP) is 15.0. The molecule has 0 radical (unpaired) electrons. The van der Waals surface area contributed by atoms with Gasteiger partial charge in [-0.1, -0.05) is 180 Å². The molecule has 2 aliphatic carbocycles. The van der Waals surface area contributed by atoms with E-state index in [-0.39, 0.29) is 10.8 Å². The summed E-state index contributed by atoms with van der Waals surface area (Å²) in [6, 6.07) is 57.4. The number of rotatable bonds is 8. The molecular weight excluding hydrogens is 789 g/mol. The second kappa shape index (κ2) is 15.4. The standard InChI is InChI=1S/C61H48N4/c1-6-7-13-44(36-62)38-19-23-40(24-20-38)57-52-33-46(42-27-29-49-47-15-8-10-17-53(47)60(2,3)55(49)34-42)32-51(43-28-30-50-48-16-9-11-18-54(48)61(4,5)56(50)35-43)58(52)65-59(64-57)41-25-21-39(22-26-41)45-14-12-31-63-37-45/h6-37H,1,62H2,2-5H3/b13-7-,44-36+. The highest BCUT2D eigenvalue weighted by molar-refractivity contribution is 6.05. The fourth-order valence-corrected chi connectivity index (χ4v) is 10.3. The number of fused-ring (bicyclic) bond motifs is 7. The summed E-state index contributed by atoms with van der Waals surface area (Å²) in [6.45, 7) is 13.2. The molecule has 11 rings (SSSR count). The zero-order valence-corrected chi connectivity index (χ0v) is 37.1. The van der Waals surface area contributed by atoms with Crippen LogP contribution >= 0.6 is 0 Å². The molecule has 65 heavy (non-hydrogen) atoms. The first-order chi connectivity index (χ1) is 31.6. The van der Waals surface area contributed by atoms with Gasteiger partial charge < -0.3 is 5.73 Å². The van der Waals surface area contributed by atoms with Crippen molar-refractivity contribution >= 4 is 16.5 Å². The number of hydrogen-bond donors (Lipinski definition) is 1. The third kappa shape index (κ3) is 6.56. The Morgan fingerprint density at radius 3 is 1.72 bits per heavy atom. The van der Waals surface area contributed by atoms with E-state index in [4.69, 9.17) is 15.7 Å². The van der Waals surface area contributed by atoms with Gasteiger partial charge in [0, 0.05) is 51.5 Å². The van der Waals surface area contributed by atoms with Crippen LogP contribution in [0.5, 0.6) is 0 Å². The molecule has 0 unspecified atom stereocenters. The summed E-state index contributed by atoms with van der Waals surface area (Å²) in [5.74, 6) is 0.658. The lowest BCUT2D eigenvalue weighted by Gasteiger charge is -2.23. The minimum absolute atomic E-state index is 0.142. The van der Waals surface area contributed by atoms with Crippen molar-refractivity contribution in [2.75, 3.05) is 0 Å². The van der Waals surface area contributed by atoms with Crippen LogP contribution in [-0.2, 0) is 10.8 Å². The highest BCUT2D eigenvalue weighted by atomic mass is 14.9. The molecule has 9 aromatic rings. The lowest BCUT2D eigenvalue weighted by atomic mass is 9.81. The maximum Gasteiger partial charge on any atom is 0.160 e. The monoisotopic (exact) mass is 836 g/mol. The van der Waals surface area contributed by atoms with E-state index in [0.717, 1.165) is 72.2 Å². The van der Waals surface area contributed by atoms with Crippen LogP contribution in [0, 0.1) is 0 Å². The van der Waals surface area contributed by atoms with E-state index in [2.05, 4.69) is 191 Å². The van der Waals surface area contributed by atoms with Crippen molar-refractivity contribution in [3.63, 3.8) is 0 Å². The van der Waals surface area contributed by atoms with Gasteiger partial charge in [0.15, 0.2) is 5.82 Å². The second-order valence-electron chi connectivity index (χ2n) is 18.3. The first-order valence-electron chi connectivity index (χ1n) is 22.3. The molecule has 0 aliphatic heterocycles. The summed E-state index contributed by atoms with van der Waals surface area (Å²) in [7, 11) is 0. The molecule has 2 heterocycles. The number of nitrogens with zero attached hydrogens (tertiary/aromatic N) is 3. The third-order valence-corrected chi connectivity index (χ3v) is 13.8. The Bertz CT molecular complexity index is 3430. The molecule has 0 amide bonds. The van der Waals surface area contributed by atoms with Gasteiger partial charge in [-0.25, -0.2) is 9.97 Å². The number of benzene rings is 7. The average molecular weight is 837 g/mol. The van der Waals surface area contributed by atoms with Gasteiger partial charge >= 0.3 is 0 Å². The molecule has 2 aromatic heterocycles. The Morgan fingerprint density at radius 2 is 1.09 bits per heavy atom. The van der Waals surface area contributed by atoms with Crippen molar-refractivity contribution in [3.05, 3.63) is 229 Å². The summed E-state index contributed by atoms with van der Waals surface area (Å²) in [5, 5.41) is 0.980. The predicted molar refractivity (Wildman–Crippen MR) is 271 cm³/mol. The van der Waals surface area contributed by atoms with Crippen molar-refractivity contribution in [1.29, 1.82) is 0 Å². The smallest absolute Gasteiger partial charge is 0.160 e. The Labute approximate surface area is 381 Å². The number of aromatic nitrogens is 3. The van der Waals surface area contributed by atoms with Crippen LogP contribution in [-0.4, -0.2) is 15.0 Å². The van der Waals surface area contributed by atoms with Crippen LogP contribution in [0.1, 0.15) is 55.5 Å². The van der Waals surface area contributed by atoms with E-state index < -0.39 is 0 Å². The van der Waals surface area contributed by atoms with Gasteiger partial charge in [0.25, 0.3) is 0 Å². The van der Waals surface area contributed by atoms with Gasteiger partial charge in [0.05, 0.1) is 11.2 Å². The summed E-state index contributed by atoms with van der Waals surface area (Å²) in [5.41, 5.74) is 28.6. The third-order valence-electron chi connectivity index (χ3n) is 13.8. The molecule has 0 fully saturated rings.